The Morgan fingerprint density at radius 3 is 2.67 bits per heavy atom. The summed E-state index contributed by atoms with van der Waals surface area (Å²) in [7, 11) is 3.98. The van der Waals surface area contributed by atoms with E-state index in [-0.39, 0.29) is 0 Å². The van der Waals surface area contributed by atoms with Crippen molar-refractivity contribution < 1.29 is 4.74 Å². The number of nitrogens with zero attached hydrogens (tertiary/aromatic N) is 3. The van der Waals surface area contributed by atoms with Crippen molar-refractivity contribution in [3.8, 4) is 11.6 Å². The molecule has 0 bridgehead atoms. The Morgan fingerprint density at radius 2 is 2.00 bits per heavy atom. The van der Waals surface area contributed by atoms with Gasteiger partial charge in [0, 0.05) is 32.3 Å². The van der Waals surface area contributed by atoms with E-state index in [1.165, 1.54) is 0 Å². The minimum atomic E-state index is 0.479. The van der Waals surface area contributed by atoms with Crippen LogP contribution in [0.2, 0.25) is 0 Å². The molecule has 2 aromatic rings. The normalized spacial score (nSPS) is 10.5. The van der Waals surface area contributed by atoms with Crippen molar-refractivity contribution in [1.29, 1.82) is 0 Å². The summed E-state index contributed by atoms with van der Waals surface area (Å²) in [4.78, 5) is 10.8. The first-order valence-corrected chi connectivity index (χ1v) is 7.09. The van der Waals surface area contributed by atoms with E-state index in [1.54, 1.807) is 0 Å². The van der Waals surface area contributed by atoms with Crippen LogP contribution in [0, 0.1) is 6.92 Å². The summed E-state index contributed by atoms with van der Waals surface area (Å²) < 4.78 is 5.91. The van der Waals surface area contributed by atoms with Gasteiger partial charge in [-0.25, -0.2) is 4.98 Å². The minimum Gasteiger partial charge on any atom is -0.438 e. The lowest BCUT2D eigenvalue weighted by molar-refractivity contribution is 0.454. The fourth-order valence-electron chi connectivity index (χ4n) is 1.93. The van der Waals surface area contributed by atoms with E-state index in [0.717, 1.165) is 35.7 Å². The molecule has 0 aliphatic heterocycles. The lowest BCUT2D eigenvalue weighted by Crippen LogP contribution is -2.08. The Bertz CT molecular complexity index is 626. The first-order valence-electron chi connectivity index (χ1n) is 7.09. The lowest BCUT2D eigenvalue weighted by atomic mass is 10.2. The second kappa shape index (κ2) is 6.43. The fourth-order valence-corrected chi connectivity index (χ4v) is 1.93. The van der Waals surface area contributed by atoms with E-state index in [4.69, 9.17) is 10.5 Å². The number of aromatic nitrogens is 2. The predicted octanol–water partition coefficient (Wildman–Crippen LogP) is 3.18. The SMILES string of the molecule is CCCc1nc(N)c(C)c(Oc2cccc(N(C)C)c2)n1. The maximum Gasteiger partial charge on any atom is 0.227 e. The maximum absolute atomic E-state index is 5.94. The Hall–Kier alpha value is -2.30. The molecular weight excluding hydrogens is 264 g/mol. The third kappa shape index (κ3) is 3.62. The Kier molecular flexibility index (Phi) is 4.62. The summed E-state index contributed by atoms with van der Waals surface area (Å²) in [6, 6.07) is 7.86. The molecule has 0 saturated carbocycles. The topological polar surface area (TPSA) is 64.3 Å². The van der Waals surface area contributed by atoms with E-state index in [9.17, 15) is 0 Å². The lowest BCUT2D eigenvalue weighted by Gasteiger charge is -2.15. The van der Waals surface area contributed by atoms with E-state index in [2.05, 4.69) is 16.9 Å². The van der Waals surface area contributed by atoms with Gasteiger partial charge in [-0.3, -0.25) is 0 Å². The van der Waals surface area contributed by atoms with Gasteiger partial charge in [-0.05, 0) is 25.5 Å². The van der Waals surface area contributed by atoms with Gasteiger partial charge >= 0.3 is 0 Å². The molecule has 1 aromatic heterocycles. The Balaban J connectivity index is 2.32. The van der Waals surface area contributed by atoms with Crippen LogP contribution in [0.4, 0.5) is 11.5 Å². The van der Waals surface area contributed by atoms with Gasteiger partial charge in [-0.1, -0.05) is 13.0 Å². The first kappa shape index (κ1) is 15.1. The van der Waals surface area contributed by atoms with Gasteiger partial charge in [0.15, 0.2) is 0 Å². The highest BCUT2D eigenvalue weighted by Crippen LogP contribution is 2.28. The van der Waals surface area contributed by atoms with Gasteiger partial charge in [-0.2, -0.15) is 4.98 Å². The number of anilines is 2. The molecule has 0 unspecified atom stereocenters. The highest BCUT2D eigenvalue weighted by molar-refractivity contribution is 5.51. The molecule has 0 amide bonds. The summed E-state index contributed by atoms with van der Waals surface area (Å²) >= 11 is 0. The van der Waals surface area contributed by atoms with Gasteiger partial charge in [-0.15, -0.1) is 0 Å². The molecule has 2 N–H and O–H groups in total. The van der Waals surface area contributed by atoms with Crippen molar-refractivity contribution in [1.82, 2.24) is 9.97 Å². The molecule has 112 valence electrons. The van der Waals surface area contributed by atoms with E-state index < -0.39 is 0 Å². The number of benzene rings is 1. The van der Waals surface area contributed by atoms with Crippen LogP contribution >= 0.6 is 0 Å². The standard InChI is InChI=1S/C16H22N4O/c1-5-7-14-18-15(17)11(2)16(19-14)21-13-9-6-8-12(10-13)20(3)4/h6,8-10H,5,7H2,1-4H3,(H2,17,18,19). The molecule has 0 spiro atoms. The Morgan fingerprint density at radius 1 is 1.24 bits per heavy atom. The van der Waals surface area contributed by atoms with Gasteiger partial charge in [0.05, 0.1) is 5.56 Å². The van der Waals surface area contributed by atoms with Gasteiger partial charge in [0.1, 0.15) is 17.4 Å². The summed E-state index contributed by atoms with van der Waals surface area (Å²) in [5.74, 6) is 2.47. The zero-order valence-electron chi connectivity index (χ0n) is 13.1. The number of nitrogen functional groups attached to an aromatic ring is 1. The molecule has 0 saturated heterocycles. The zero-order chi connectivity index (χ0) is 15.4. The molecule has 2 rings (SSSR count). The third-order valence-corrected chi connectivity index (χ3v) is 3.21. The van der Waals surface area contributed by atoms with Crippen LogP contribution in [0.3, 0.4) is 0 Å². The van der Waals surface area contributed by atoms with Crippen LogP contribution < -0.4 is 15.4 Å². The number of nitrogens with two attached hydrogens (primary N) is 1. The van der Waals surface area contributed by atoms with Crippen LogP contribution in [0.25, 0.3) is 0 Å². The average molecular weight is 286 g/mol. The average Bonchev–Trinajstić information content (AvgIpc) is 2.45. The monoisotopic (exact) mass is 286 g/mol. The molecule has 0 atom stereocenters. The van der Waals surface area contributed by atoms with Crippen molar-refractivity contribution in [3.63, 3.8) is 0 Å². The quantitative estimate of drug-likeness (QED) is 0.914. The maximum atomic E-state index is 5.94. The number of ether oxygens (including phenoxy) is 1. The third-order valence-electron chi connectivity index (χ3n) is 3.21. The molecule has 1 aromatic carbocycles. The van der Waals surface area contributed by atoms with Crippen LogP contribution in [-0.4, -0.2) is 24.1 Å². The predicted molar refractivity (Wildman–Crippen MR) is 86.0 cm³/mol. The van der Waals surface area contributed by atoms with E-state index in [1.807, 2.05) is 50.2 Å². The minimum absolute atomic E-state index is 0.479. The Labute approximate surface area is 125 Å². The zero-order valence-corrected chi connectivity index (χ0v) is 13.1. The fraction of sp³-hybridized carbons (Fsp3) is 0.375. The summed E-state index contributed by atoms with van der Waals surface area (Å²) in [6.45, 7) is 3.96. The van der Waals surface area contributed by atoms with E-state index >= 15 is 0 Å². The smallest absolute Gasteiger partial charge is 0.227 e. The second-order valence-electron chi connectivity index (χ2n) is 5.20. The van der Waals surface area contributed by atoms with Crippen LogP contribution in [-0.2, 0) is 6.42 Å². The van der Waals surface area contributed by atoms with Gasteiger partial charge in [0.2, 0.25) is 5.88 Å². The highest BCUT2D eigenvalue weighted by atomic mass is 16.5. The summed E-state index contributed by atoms with van der Waals surface area (Å²) in [5.41, 5.74) is 7.78. The van der Waals surface area contributed by atoms with Gasteiger partial charge in [0.25, 0.3) is 0 Å². The first-order chi connectivity index (χ1) is 10.0. The molecule has 0 fully saturated rings. The summed E-state index contributed by atoms with van der Waals surface area (Å²) in [6.07, 6.45) is 1.76. The molecular formula is C16H22N4O. The van der Waals surface area contributed by atoms with Gasteiger partial charge < -0.3 is 15.4 Å². The van der Waals surface area contributed by atoms with Crippen molar-refractivity contribution in [2.45, 2.75) is 26.7 Å². The van der Waals surface area contributed by atoms with Crippen molar-refractivity contribution in [2.75, 3.05) is 24.7 Å². The number of hydrogen-bond donors (Lipinski definition) is 1. The van der Waals surface area contributed by atoms with Crippen LogP contribution in [0.5, 0.6) is 11.6 Å². The second-order valence-corrected chi connectivity index (χ2v) is 5.20. The molecule has 0 aliphatic rings. The van der Waals surface area contributed by atoms with Crippen molar-refractivity contribution in [2.24, 2.45) is 0 Å². The number of hydrogen-bond acceptors (Lipinski definition) is 5. The molecule has 0 radical (unpaired) electrons. The van der Waals surface area contributed by atoms with Crippen LogP contribution in [0.15, 0.2) is 24.3 Å². The molecule has 21 heavy (non-hydrogen) atoms. The summed E-state index contributed by atoms with van der Waals surface area (Å²) in [5, 5.41) is 0. The highest BCUT2D eigenvalue weighted by Gasteiger charge is 2.11. The largest absolute Gasteiger partial charge is 0.438 e. The van der Waals surface area contributed by atoms with Crippen molar-refractivity contribution in [3.05, 3.63) is 35.7 Å². The molecule has 1 heterocycles. The van der Waals surface area contributed by atoms with Crippen LogP contribution in [0.1, 0.15) is 24.7 Å². The molecule has 5 heteroatoms. The molecule has 5 nitrogen and oxygen atoms in total. The number of aryl methyl sites for hydroxylation is 1. The molecule has 0 aliphatic carbocycles. The van der Waals surface area contributed by atoms with Crippen molar-refractivity contribution >= 4 is 11.5 Å². The number of rotatable bonds is 5. The van der Waals surface area contributed by atoms with E-state index in [0.29, 0.717) is 11.7 Å².